The third kappa shape index (κ3) is 3.49. The van der Waals surface area contributed by atoms with Crippen LogP contribution in [0.1, 0.15) is 11.1 Å². The molecule has 24 heavy (non-hydrogen) atoms. The number of hydrogen-bond donors (Lipinski definition) is 1. The Hall–Kier alpha value is -2.60. The van der Waals surface area contributed by atoms with Crippen LogP contribution >= 0.6 is 0 Å². The van der Waals surface area contributed by atoms with Crippen molar-refractivity contribution in [2.75, 3.05) is 19.0 Å². The number of anilines is 1. The fraction of sp³-hybridized carbons (Fsp3) is 0.222. The SMILES string of the molecule is COCc1cc(F)c(F)cc1CCNc1ncnc2ccccc12. The Morgan fingerprint density at radius 3 is 2.58 bits per heavy atom. The molecule has 0 amide bonds. The zero-order chi connectivity index (χ0) is 16.9. The summed E-state index contributed by atoms with van der Waals surface area (Å²) in [6, 6.07) is 10.1. The maximum atomic E-state index is 13.5. The average Bonchev–Trinajstić information content (AvgIpc) is 2.59. The van der Waals surface area contributed by atoms with Crippen LogP contribution in [0.2, 0.25) is 0 Å². The molecule has 0 radical (unpaired) electrons. The van der Waals surface area contributed by atoms with Crippen LogP contribution in [0, 0.1) is 11.6 Å². The number of para-hydroxylation sites is 1. The Labute approximate surface area is 138 Å². The third-order valence-electron chi connectivity index (χ3n) is 3.77. The van der Waals surface area contributed by atoms with Crippen LogP contribution in [-0.2, 0) is 17.8 Å². The van der Waals surface area contributed by atoms with Crippen LogP contribution < -0.4 is 5.32 Å². The zero-order valence-corrected chi connectivity index (χ0v) is 13.2. The summed E-state index contributed by atoms with van der Waals surface area (Å²) in [5.41, 5.74) is 2.20. The highest BCUT2D eigenvalue weighted by Crippen LogP contribution is 2.20. The van der Waals surface area contributed by atoms with Gasteiger partial charge in [-0.1, -0.05) is 12.1 Å². The molecule has 0 aliphatic rings. The normalized spacial score (nSPS) is 11.0. The van der Waals surface area contributed by atoms with E-state index in [9.17, 15) is 8.78 Å². The minimum absolute atomic E-state index is 0.239. The Morgan fingerprint density at radius 1 is 1.04 bits per heavy atom. The molecule has 4 nitrogen and oxygen atoms in total. The average molecular weight is 329 g/mol. The van der Waals surface area contributed by atoms with E-state index in [1.807, 2.05) is 24.3 Å². The first-order valence-corrected chi connectivity index (χ1v) is 7.58. The molecular formula is C18H17F2N3O. The molecule has 1 N–H and O–H groups in total. The second kappa shape index (κ2) is 7.31. The largest absolute Gasteiger partial charge is 0.380 e. The number of halogens is 2. The monoisotopic (exact) mass is 329 g/mol. The summed E-state index contributed by atoms with van der Waals surface area (Å²) in [5.74, 6) is -0.991. The number of nitrogens with one attached hydrogen (secondary N) is 1. The first-order valence-electron chi connectivity index (χ1n) is 7.58. The molecule has 0 fully saturated rings. The van der Waals surface area contributed by atoms with Gasteiger partial charge in [0.2, 0.25) is 0 Å². The first-order chi connectivity index (χ1) is 11.7. The second-order valence-electron chi connectivity index (χ2n) is 5.38. The summed E-state index contributed by atoms with van der Waals surface area (Å²) in [5, 5.41) is 4.15. The molecule has 0 spiro atoms. The Balaban J connectivity index is 1.75. The van der Waals surface area contributed by atoms with E-state index in [0.717, 1.165) is 16.7 Å². The Bertz CT molecular complexity index is 850. The second-order valence-corrected chi connectivity index (χ2v) is 5.38. The quantitative estimate of drug-likeness (QED) is 0.749. The molecule has 3 rings (SSSR count). The standard InChI is InChI=1S/C18H17F2N3O/c1-24-10-13-9-16(20)15(19)8-12(13)6-7-21-18-14-4-2-3-5-17(14)22-11-23-18/h2-5,8-9,11H,6-7,10H2,1H3,(H,21,22,23). The van der Waals surface area contributed by atoms with Crippen molar-refractivity contribution in [3.8, 4) is 0 Å². The van der Waals surface area contributed by atoms with Gasteiger partial charge >= 0.3 is 0 Å². The van der Waals surface area contributed by atoms with Gasteiger partial charge in [-0.2, -0.15) is 0 Å². The van der Waals surface area contributed by atoms with E-state index in [1.165, 1.54) is 25.6 Å². The predicted octanol–water partition coefficient (Wildman–Crippen LogP) is 3.71. The molecule has 1 heterocycles. The summed E-state index contributed by atoms with van der Waals surface area (Å²) in [7, 11) is 1.52. The van der Waals surface area contributed by atoms with Gasteiger partial charge in [-0.15, -0.1) is 0 Å². The molecule has 2 aromatic carbocycles. The van der Waals surface area contributed by atoms with Gasteiger partial charge in [-0.3, -0.25) is 0 Å². The fourth-order valence-electron chi connectivity index (χ4n) is 2.61. The molecule has 0 aliphatic heterocycles. The number of benzene rings is 2. The van der Waals surface area contributed by atoms with E-state index in [1.54, 1.807) is 0 Å². The summed E-state index contributed by atoms with van der Waals surface area (Å²) in [4.78, 5) is 8.46. The van der Waals surface area contributed by atoms with E-state index in [0.29, 0.717) is 24.1 Å². The number of aromatic nitrogens is 2. The van der Waals surface area contributed by atoms with Crippen molar-refractivity contribution in [3.63, 3.8) is 0 Å². The lowest BCUT2D eigenvalue weighted by Gasteiger charge is -2.12. The van der Waals surface area contributed by atoms with Gasteiger partial charge in [-0.25, -0.2) is 18.7 Å². The van der Waals surface area contributed by atoms with E-state index in [4.69, 9.17) is 4.74 Å². The van der Waals surface area contributed by atoms with Crippen molar-refractivity contribution in [1.82, 2.24) is 9.97 Å². The maximum Gasteiger partial charge on any atom is 0.159 e. The fourth-order valence-corrected chi connectivity index (χ4v) is 2.61. The minimum atomic E-state index is -0.861. The van der Waals surface area contributed by atoms with Crippen LogP contribution in [0.15, 0.2) is 42.7 Å². The highest BCUT2D eigenvalue weighted by Gasteiger charge is 2.10. The smallest absolute Gasteiger partial charge is 0.159 e. The molecule has 0 saturated carbocycles. The van der Waals surface area contributed by atoms with Crippen molar-refractivity contribution >= 4 is 16.7 Å². The number of methoxy groups -OCH3 is 1. The van der Waals surface area contributed by atoms with Gasteiger partial charge in [0, 0.05) is 19.0 Å². The van der Waals surface area contributed by atoms with Crippen LogP contribution in [-0.4, -0.2) is 23.6 Å². The third-order valence-corrected chi connectivity index (χ3v) is 3.77. The van der Waals surface area contributed by atoms with Gasteiger partial charge in [0.05, 0.1) is 12.1 Å². The molecule has 0 saturated heterocycles. The first kappa shape index (κ1) is 16.3. The number of hydrogen-bond acceptors (Lipinski definition) is 4. The Kier molecular flexibility index (Phi) is 4.96. The minimum Gasteiger partial charge on any atom is -0.380 e. The van der Waals surface area contributed by atoms with E-state index in [2.05, 4.69) is 15.3 Å². The van der Waals surface area contributed by atoms with Gasteiger partial charge < -0.3 is 10.1 Å². The van der Waals surface area contributed by atoms with Crippen molar-refractivity contribution in [3.05, 3.63) is 65.5 Å². The number of ether oxygens (including phenoxy) is 1. The number of nitrogens with zero attached hydrogens (tertiary/aromatic N) is 2. The molecular weight excluding hydrogens is 312 g/mol. The van der Waals surface area contributed by atoms with E-state index < -0.39 is 11.6 Å². The van der Waals surface area contributed by atoms with Crippen LogP contribution in [0.5, 0.6) is 0 Å². The van der Waals surface area contributed by atoms with Crippen LogP contribution in [0.4, 0.5) is 14.6 Å². The molecule has 0 aliphatic carbocycles. The molecule has 3 aromatic rings. The topological polar surface area (TPSA) is 47.0 Å². The highest BCUT2D eigenvalue weighted by atomic mass is 19.2. The molecule has 124 valence electrons. The van der Waals surface area contributed by atoms with Crippen molar-refractivity contribution in [1.29, 1.82) is 0 Å². The molecule has 0 bridgehead atoms. The highest BCUT2D eigenvalue weighted by molar-refractivity contribution is 5.88. The van der Waals surface area contributed by atoms with Crippen molar-refractivity contribution in [2.45, 2.75) is 13.0 Å². The summed E-state index contributed by atoms with van der Waals surface area (Å²) >= 11 is 0. The summed E-state index contributed by atoms with van der Waals surface area (Å²) in [6.07, 6.45) is 2.02. The van der Waals surface area contributed by atoms with Crippen molar-refractivity contribution < 1.29 is 13.5 Å². The molecule has 0 atom stereocenters. The lowest BCUT2D eigenvalue weighted by Crippen LogP contribution is -2.09. The molecule has 6 heteroatoms. The van der Waals surface area contributed by atoms with E-state index >= 15 is 0 Å². The van der Waals surface area contributed by atoms with Gasteiger partial charge in [0.25, 0.3) is 0 Å². The summed E-state index contributed by atoms with van der Waals surface area (Å²) < 4.78 is 31.9. The Morgan fingerprint density at radius 2 is 1.79 bits per heavy atom. The van der Waals surface area contributed by atoms with Crippen molar-refractivity contribution in [2.24, 2.45) is 0 Å². The van der Waals surface area contributed by atoms with Crippen LogP contribution in [0.25, 0.3) is 10.9 Å². The summed E-state index contributed by atoms with van der Waals surface area (Å²) in [6.45, 7) is 0.770. The van der Waals surface area contributed by atoms with Gasteiger partial charge in [0.15, 0.2) is 11.6 Å². The maximum absolute atomic E-state index is 13.5. The van der Waals surface area contributed by atoms with Gasteiger partial charge in [0.1, 0.15) is 12.1 Å². The van der Waals surface area contributed by atoms with E-state index in [-0.39, 0.29) is 6.61 Å². The number of fused-ring (bicyclic) bond motifs is 1. The molecule has 1 aromatic heterocycles. The van der Waals surface area contributed by atoms with Crippen LogP contribution in [0.3, 0.4) is 0 Å². The number of rotatable bonds is 6. The predicted molar refractivity (Wildman–Crippen MR) is 88.8 cm³/mol. The lowest BCUT2D eigenvalue weighted by atomic mass is 10.0. The molecule has 0 unspecified atom stereocenters. The lowest BCUT2D eigenvalue weighted by molar-refractivity contribution is 0.183. The zero-order valence-electron chi connectivity index (χ0n) is 13.2. The van der Waals surface area contributed by atoms with Gasteiger partial charge in [-0.05, 0) is 41.8 Å².